The molecule has 2 nitrogen and oxygen atoms in total. The van der Waals surface area contributed by atoms with Crippen molar-refractivity contribution in [3.8, 4) is 0 Å². The van der Waals surface area contributed by atoms with Crippen LogP contribution in [0.1, 0.15) is 13.3 Å². The van der Waals surface area contributed by atoms with Gasteiger partial charge in [0.15, 0.2) is 8.57 Å². The summed E-state index contributed by atoms with van der Waals surface area (Å²) >= 11 is 0. The SMILES string of the molecule is CC/C(O[SiH2]C)=[Si](\C)N(C)C. The molecule has 0 atom stereocenters. The van der Waals surface area contributed by atoms with E-state index >= 15 is 0 Å². The van der Waals surface area contributed by atoms with Crippen LogP contribution >= 0.6 is 0 Å². The summed E-state index contributed by atoms with van der Waals surface area (Å²) in [6.45, 7) is 6.64. The first-order valence-electron chi connectivity index (χ1n) is 4.13. The van der Waals surface area contributed by atoms with E-state index in [-0.39, 0.29) is 9.76 Å². The third-order valence-corrected chi connectivity index (χ3v) is 5.29. The summed E-state index contributed by atoms with van der Waals surface area (Å²) in [6.07, 6.45) is 1.09. The monoisotopic (exact) mass is 189 g/mol. The Morgan fingerprint density at radius 1 is 1.55 bits per heavy atom. The largest absolute Gasteiger partial charge is 0.555 e. The molecule has 0 amide bonds. The molecule has 0 heterocycles. The van der Waals surface area contributed by atoms with E-state index in [0.29, 0.717) is 0 Å². The molecule has 0 aromatic carbocycles. The minimum Gasteiger partial charge on any atom is -0.555 e. The number of hydrogen-bond acceptors (Lipinski definition) is 2. The summed E-state index contributed by atoms with van der Waals surface area (Å²) < 4.78 is 7.96. The van der Waals surface area contributed by atoms with E-state index in [1.54, 1.807) is 0 Å². The molecule has 0 bridgehead atoms. The lowest BCUT2D eigenvalue weighted by Crippen LogP contribution is -2.30. The molecule has 0 spiro atoms. The summed E-state index contributed by atoms with van der Waals surface area (Å²) in [6, 6.07) is 0. The van der Waals surface area contributed by atoms with Crippen LogP contribution in [0.3, 0.4) is 0 Å². The Kier molecular flexibility index (Phi) is 5.49. The minimum atomic E-state index is -0.496. The lowest BCUT2D eigenvalue weighted by atomic mass is 10.5. The molecule has 0 unspecified atom stereocenters. The Labute approximate surface area is 73.8 Å². The molecule has 0 saturated heterocycles. The number of nitrogens with zero attached hydrogens (tertiary/aromatic N) is 1. The standard InChI is InChI=1S/C7H19NOSi2/c1-6-7(9-10-4)11(5)8(2)3/h6,10H2,1-5H3/b11-7-. The van der Waals surface area contributed by atoms with Crippen molar-refractivity contribution in [3.63, 3.8) is 0 Å². The van der Waals surface area contributed by atoms with Gasteiger partial charge in [-0.25, -0.2) is 0 Å². The van der Waals surface area contributed by atoms with E-state index in [4.69, 9.17) is 4.43 Å². The van der Waals surface area contributed by atoms with Crippen LogP contribution in [0, 0.1) is 0 Å². The van der Waals surface area contributed by atoms with Gasteiger partial charge in [-0.1, -0.05) is 6.92 Å². The van der Waals surface area contributed by atoms with Crippen LogP contribution in [0.25, 0.3) is 0 Å². The highest BCUT2D eigenvalue weighted by Crippen LogP contribution is 1.89. The van der Waals surface area contributed by atoms with Crippen LogP contribution in [0.5, 0.6) is 0 Å². The van der Waals surface area contributed by atoms with Gasteiger partial charge in [0.2, 0.25) is 9.76 Å². The first-order chi connectivity index (χ1) is 5.13. The van der Waals surface area contributed by atoms with Gasteiger partial charge in [-0.15, -0.1) is 0 Å². The molecule has 0 aliphatic heterocycles. The summed E-state index contributed by atoms with van der Waals surface area (Å²) in [5.41, 5.74) is 0. The molecule has 0 fully saturated rings. The molecule has 0 saturated carbocycles. The molecule has 0 aromatic heterocycles. The van der Waals surface area contributed by atoms with E-state index in [0.717, 1.165) is 6.42 Å². The van der Waals surface area contributed by atoms with Crippen molar-refractivity contribution < 1.29 is 4.43 Å². The van der Waals surface area contributed by atoms with Crippen LogP contribution in [-0.2, 0) is 4.43 Å². The van der Waals surface area contributed by atoms with E-state index in [2.05, 4.69) is 38.7 Å². The predicted molar refractivity (Wildman–Crippen MR) is 56.1 cm³/mol. The zero-order valence-corrected chi connectivity index (χ0v) is 10.7. The molecular formula is C7H19NOSi2. The topological polar surface area (TPSA) is 12.5 Å². The molecule has 4 heteroatoms. The molecule has 11 heavy (non-hydrogen) atoms. The van der Waals surface area contributed by atoms with Gasteiger partial charge >= 0.3 is 0 Å². The van der Waals surface area contributed by atoms with Crippen molar-refractivity contribution in [1.82, 2.24) is 4.57 Å². The number of rotatable bonds is 4. The maximum Gasteiger partial charge on any atom is 0.215 e. The van der Waals surface area contributed by atoms with Crippen molar-refractivity contribution in [1.29, 1.82) is 0 Å². The van der Waals surface area contributed by atoms with Crippen LogP contribution in [0.4, 0.5) is 0 Å². The van der Waals surface area contributed by atoms with Gasteiger partial charge in [-0.3, -0.25) is 0 Å². The Morgan fingerprint density at radius 3 is 2.36 bits per heavy atom. The van der Waals surface area contributed by atoms with Gasteiger partial charge in [-0.05, 0) is 33.6 Å². The first kappa shape index (κ1) is 10.9. The third kappa shape index (κ3) is 3.72. The minimum absolute atomic E-state index is 0.257. The van der Waals surface area contributed by atoms with Gasteiger partial charge in [-0.2, -0.15) is 0 Å². The molecule has 0 radical (unpaired) electrons. The Bertz CT molecular complexity index is 145. The van der Waals surface area contributed by atoms with Crippen LogP contribution in [0.15, 0.2) is 0 Å². The smallest absolute Gasteiger partial charge is 0.215 e. The van der Waals surface area contributed by atoms with Gasteiger partial charge in [0.25, 0.3) is 0 Å². The van der Waals surface area contributed by atoms with Crippen molar-refractivity contribution in [2.45, 2.75) is 26.4 Å². The predicted octanol–water partition coefficient (Wildman–Crippen LogP) is 0.439. The molecular weight excluding hydrogens is 170 g/mol. The second kappa shape index (κ2) is 5.54. The Balaban J connectivity index is 4.27. The van der Waals surface area contributed by atoms with Crippen LogP contribution in [0.2, 0.25) is 13.1 Å². The van der Waals surface area contributed by atoms with E-state index in [1.807, 2.05) is 0 Å². The fraction of sp³-hybridized carbons (Fsp3) is 0.857. The molecule has 0 aliphatic rings. The van der Waals surface area contributed by atoms with E-state index in [1.165, 1.54) is 5.35 Å². The molecule has 0 N–H and O–H groups in total. The second-order valence-electron chi connectivity index (χ2n) is 2.69. The van der Waals surface area contributed by atoms with Crippen LogP contribution < -0.4 is 0 Å². The molecule has 0 aromatic rings. The maximum atomic E-state index is 5.67. The second-order valence-corrected chi connectivity index (χ2v) is 6.18. The van der Waals surface area contributed by atoms with Crippen LogP contribution in [-0.4, -0.2) is 42.3 Å². The highest BCUT2D eigenvalue weighted by atomic mass is 28.3. The van der Waals surface area contributed by atoms with Gasteiger partial charge in [0.05, 0.1) is 5.35 Å². The highest BCUT2D eigenvalue weighted by molar-refractivity contribution is 6.67. The van der Waals surface area contributed by atoms with Gasteiger partial charge in [0.1, 0.15) is 0 Å². The first-order valence-corrected chi connectivity index (χ1v) is 8.07. The molecule has 66 valence electrons. The van der Waals surface area contributed by atoms with Crippen molar-refractivity contribution in [3.05, 3.63) is 0 Å². The Morgan fingerprint density at radius 2 is 2.09 bits per heavy atom. The van der Waals surface area contributed by atoms with E-state index in [9.17, 15) is 0 Å². The maximum absolute atomic E-state index is 5.67. The molecule has 0 rings (SSSR count). The zero-order chi connectivity index (χ0) is 8.85. The normalized spacial score (nSPS) is 13.5. The van der Waals surface area contributed by atoms with Gasteiger partial charge in [0, 0.05) is 0 Å². The highest BCUT2D eigenvalue weighted by Gasteiger charge is 2.02. The number of hydrogen-bond donors (Lipinski definition) is 0. The summed E-state index contributed by atoms with van der Waals surface area (Å²) in [4.78, 5) is 0. The average molecular weight is 189 g/mol. The van der Waals surface area contributed by atoms with E-state index < -0.39 is 8.57 Å². The third-order valence-electron chi connectivity index (χ3n) is 1.71. The lowest BCUT2D eigenvalue weighted by Gasteiger charge is -2.17. The quantitative estimate of drug-likeness (QED) is 0.595. The Hall–Kier alpha value is -0.0962. The summed E-state index contributed by atoms with van der Waals surface area (Å²) in [5, 5.41) is 1.34. The summed E-state index contributed by atoms with van der Waals surface area (Å²) in [5.74, 6) is 0. The zero-order valence-electron chi connectivity index (χ0n) is 8.27. The van der Waals surface area contributed by atoms with Gasteiger partial charge < -0.3 is 8.99 Å². The average Bonchev–Trinajstić information content (AvgIpc) is 1.98. The molecule has 0 aliphatic carbocycles. The fourth-order valence-corrected chi connectivity index (χ4v) is 3.72. The van der Waals surface area contributed by atoms with Crippen molar-refractivity contribution in [2.24, 2.45) is 0 Å². The van der Waals surface area contributed by atoms with Crippen molar-refractivity contribution in [2.75, 3.05) is 14.1 Å². The lowest BCUT2D eigenvalue weighted by molar-refractivity contribution is 0.581. The summed E-state index contributed by atoms with van der Waals surface area (Å²) in [7, 11) is 3.51. The fourth-order valence-electron chi connectivity index (χ4n) is 0.886. The van der Waals surface area contributed by atoms with Crippen molar-refractivity contribution >= 4 is 23.7 Å².